The van der Waals surface area contributed by atoms with Crippen molar-refractivity contribution < 1.29 is 5.11 Å². The van der Waals surface area contributed by atoms with E-state index in [0.717, 1.165) is 8.66 Å². The van der Waals surface area contributed by atoms with Gasteiger partial charge in [-0.2, -0.15) is 0 Å². The molecule has 0 saturated carbocycles. The molecule has 12 heavy (non-hydrogen) atoms. The molecule has 0 bridgehead atoms. The largest absolute Gasteiger partial charge is 0.387 e. The number of aliphatic hydroxyl groups excluding tert-OH is 1. The number of thiophene rings is 1. The van der Waals surface area contributed by atoms with Crippen LogP contribution in [0.1, 0.15) is 30.4 Å². The van der Waals surface area contributed by atoms with Gasteiger partial charge in [0, 0.05) is 4.88 Å². The van der Waals surface area contributed by atoms with Crippen molar-refractivity contribution in [3.63, 3.8) is 0 Å². The lowest BCUT2D eigenvalue weighted by Crippen LogP contribution is -2.02. The van der Waals surface area contributed by atoms with Gasteiger partial charge in [0.2, 0.25) is 0 Å². The molecule has 0 amide bonds. The second kappa shape index (κ2) is 3.90. The number of halogens is 1. The standard InChI is InChI=1S/C9H13BrOS/c1-5(2)8(11)7-4-6(3)9(10)12-7/h4-5,8,11H,1-3H3. The summed E-state index contributed by atoms with van der Waals surface area (Å²) in [6.07, 6.45) is -0.319. The molecule has 1 unspecified atom stereocenters. The molecular formula is C9H13BrOS. The number of hydrogen-bond acceptors (Lipinski definition) is 2. The summed E-state index contributed by atoms with van der Waals surface area (Å²) in [6.45, 7) is 6.08. The van der Waals surface area contributed by atoms with Crippen LogP contribution in [0.4, 0.5) is 0 Å². The van der Waals surface area contributed by atoms with Crippen molar-refractivity contribution in [3.8, 4) is 0 Å². The van der Waals surface area contributed by atoms with E-state index in [4.69, 9.17) is 0 Å². The summed E-state index contributed by atoms with van der Waals surface area (Å²) >= 11 is 5.06. The van der Waals surface area contributed by atoms with Gasteiger partial charge in [0.15, 0.2) is 0 Å². The molecule has 3 heteroatoms. The number of rotatable bonds is 2. The van der Waals surface area contributed by atoms with Crippen LogP contribution in [-0.2, 0) is 0 Å². The van der Waals surface area contributed by atoms with Gasteiger partial charge in [0.25, 0.3) is 0 Å². The Kier molecular flexibility index (Phi) is 3.32. The maximum Gasteiger partial charge on any atom is 0.0905 e. The number of aryl methyl sites for hydroxylation is 1. The van der Waals surface area contributed by atoms with Gasteiger partial charge in [-0.25, -0.2) is 0 Å². The third kappa shape index (κ3) is 2.09. The topological polar surface area (TPSA) is 20.2 Å². The molecule has 1 heterocycles. The molecular weight excluding hydrogens is 236 g/mol. The monoisotopic (exact) mass is 248 g/mol. The van der Waals surface area contributed by atoms with Crippen molar-refractivity contribution in [2.24, 2.45) is 5.92 Å². The first-order valence-corrected chi connectivity index (χ1v) is 5.57. The molecule has 1 N–H and O–H groups in total. The van der Waals surface area contributed by atoms with E-state index in [1.54, 1.807) is 11.3 Å². The molecule has 0 saturated heterocycles. The lowest BCUT2D eigenvalue weighted by molar-refractivity contribution is 0.130. The van der Waals surface area contributed by atoms with Crippen LogP contribution >= 0.6 is 27.3 Å². The van der Waals surface area contributed by atoms with E-state index in [2.05, 4.69) is 15.9 Å². The molecule has 1 atom stereocenters. The summed E-state index contributed by atoms with van der Waals surface area (Å²) in [7, 11) is 0. The first-order valence-electron chi connectivity index (χ1n) is 3.96. The molecule has 0 aliphatic rings. The van der Waals surface area contributed by atoms with E-state index in [1.165, 1.54) is 5.56 Å². The first-order chi connectivity index (χ1) is 5.52. The van der Waals surface area contributed by atoms with Gasteiger partial charge in [-0.3, -0.25) is 0 Å². The third-order valence-electron chi connectivity index (χ3n) is 1.80. The van der Waals surface area contributed by atoms with Crippen LogP contribution in [-0.4, -0.2) is 5.11 Å². The molecule has 1 rings (SSSR count). The zero-order valence-corrected chi connectivity index (χ0v) is 9.87. The van der Waals surface area contributed by atoms with Crippen molar-refractivity contribution in [1.82, 2.24) is 0 Å². The average Bonchev–Trinajstić information content (AvgIpc) is 2.30. The normalized spacial score (nSPS) is 13.8. The van der Waals surface area contributed by atoms with Crippen LogP contribution in [0.25, 0.3) is 0 Å². The maximum atomic E-state index is 9.73. The second-order valence-electron chi connectivity index (χ2n) is 3.29. The van der Waals surface area contributed by atoms with Crippen molar-refractivity contribution in [1.29, 1.82) is 0 Å². The minimum atomic E-state index is -0.319. The van der Waals surface area contributed by atoms with Crippen LogP contribution in [0.2, 0.25) is 0 Å². The van der Waals surface area contributed by atoms with Crippen molar-refractivity contribution >= 4 is 27.3 Å². The SMILES string of the molecule is Cc1cc(C(O)C(C)C)sc1Br. The van der Waals surface area contributed by atoms with Gasteiger partial charge in [-0.15, -0.1) is 11.3 Å². The van der Waals surface area contributed by atoms with Gasteiger partial charge in [0.05, 0.1) is 9.89 Å². The Morgan fingerprint density at radius 1 is 1.50 bits per heavy atom. The molecule has 0 fully saturated rings. The molecule has 0 radical (unpaired) electrons. The highest BCUT2D eigenvalue weighted by molar-refractivity contribution is 9.11. The van der Waals surface area contributed by atoms with Crippen LogP contribution in [0.5, 0.6) is 0 Å². The summed E-state index contributed by atoms with van der Waals surface area (Å²) in [5.74, 6) is 0.287. The molecule has 1 aromatic heterocycles. The van der Waals surface area contributed by atoms with E-state index in [-0.39, 0.29) is 12.0 Å². The highest BCUT2D eigenvalue weighted by Crippen LogP contribution is 2.33. The Labute approximate surface area is 85.6 Å². The minimum Gasteiger partial charge on any atom is -0.387 e. The molecule has 0 spiro atoms. The van der Waals surface area contributed by atoms with Crippen molar-refractivity contribution in [2.45, 2.75) is 26.9 Å². The molecule has 0 aliphatic carbocycles. The summed E-state index contributed by atoms with van der Waals surface area (Å²) in [6, 6.07) is 2.04. The molecule has 0 aromatic carbocycles. The Bertz CT molecular complexity index is 248. The Hall–Kier alpha value is 0.140. The lowest BCUT2D eigenvalue weighted by atomic mass is 10.1. The Balaban J connectivity index is 2.89. The van der Waals surface area contributed by atoms with E-state index >= 15 is 0 Å². The van der Waals surface area contributed by atoms with Gasteiger partial charge in [-0.1, -0.05) is 13.8 Å². The second-order valence-corrected chi connectivity index (χ2v) is 5.70. The average molecular weight is 249 g/mol. The fraction of sp³-hybridized carbons (Fsp3) is 0.556. The summed E-state index contributed by atoms with van der Waals surface area (Å²) < 4.78 is 1.12. The van der Waals surface area contributed by atoms with Crippen LogP contribution in [0.3, 0.4) is 0 Å². The van der Waals surface area contributed by atoms with Gasteiger partial charge < -0.3 is 5.11 Å². The highest BCUT2D eigenvalue weighted by Gasteiger charge is 2.15. The highest BCUT2D eigenvalue weighted by atomic mass is 79.9. The van der Waals surface area contributed by atoms with Crippen LogP contribution < -0.4 is 0 Å². The zero-order valence-electron chi connectivity index (χ0n) is 7.47. The first kappa shape index (κ1) is 10.2. The molecule has 68 valence electrons. The predicted octanol–water partition coefficient (Wildman–Crippen LogP) is 3.51. The van der Waals surface area contributed by atoms with Gasteiger partial charge in [-0.05, 0) is 40.4 Å². The molecule has 1 nitrogen and oxygen atoms in total. The van der Waals surface area contributed by atoms with E-state index in [1.807, 2.05) is 26.8 Å². The fourth-order valence-corrected chi connectivity index (χ4v) is 2.69. The molecule has 0 aliphatic heterocycles. The zero-order chi connectivity index (χ0) is 9.30. The van der Waals surface area contributed by atoms with E-state index in [9.17, 15) is 5.11 Å². The number of aliphatic hydroxyl groups is 1. The van der Waals surface area contributed by atoms with Gasteiger partial charge >= 0.3 is 0 Å². The summed E-state index contributed by atoms with van der Waals surface area (Å²) in [5.41, 5.74) is 1.20. The van der Waals surface area contributed by atoms with E-state index in [0.29, 0.717) is 0 Å². The van der Waals surface area contributed by atoms with Crippen molar-refractivity contribution in [3.05, 3.63) is 20.3 Å². The predicted molar refractivity (Wildman–Crippen MR) is 56.6 cm³/mol. The van der Waals surface area contributed by atoms with Gasteiger partial charge in [0.1, 0.15) is 0 Å². The quantitative estimate of drug-likeness (QED) is 0.850. The maximum absolute atomic E-state index is 9.73. The van der Waals surface area contributed by atoms with Crippen LogP contribution in [0, 0.1) is 12.8 Å². The van der Waals surface area contributed by atoms with Crippen molar-refractivity contribution in [2.75, 3.05) is 0 Å². The Morgan fingerprint density at radius 2 is 2.08 bits per heavy atom. The summed E-state index contributed by atoms with van der Waals surface area (Å²) in [5, 5.41) is 9.73. The number of hydrogen-bond donors (Lipinski definition) is 1. The fourth-order valence-electron chi connectivity index (χ4n) is 0.958. The Morgan fingerprint density at radius 3 is 2.42 bits per heavy atom. The smallest absolute Gasteiger partial charge is 0.0905 e. The lowest BCUT2D eigenvalue weighted by Gasteiger charge is -2.11. The molecule has 1 aromatic rings. The minimum absolute atomic E-state index is 0.287. The summed E-state index contributed by atoms with van der Waals surface area (Å²) in [4.78, 5) is 1.05. The van der Waals surface area contributed by atoms with Crippen LogP contribution in [0.15, 0.2) is 9.85 Å². The van der Waals surface area contributed by atoms with E-state index < -0.39 is 0 Å². The third-order valence-corrected chi connectivity index (χ3v) is 4.01.